The minimum atomic E-state index is -0.898. The summed E-state index contributed by atoms with van der Waals surface area (Å²) >= 11 is 0. The van der Waals surface area contributed by atoms with Gasteiger partial charge in [-0.2, -0.15) is 0 Å². The fraction of sp³-hybridized carbons (Fsp3) is 0.769. The van der Waals surface area contributed by atoms with Crippen LogP contribution in [0, 0.1) is 29.1 Å². The van der Waals surface area contributed by atoms with Gasteiger partial charge in [-0.3, -0.25) is 9.59 Å². The van der Waals surface area contributed by atoms with Crippen LogP contribution in [-0.4, -0.2) is 42.4 Å². The van der Waals surface area contributed by atoms with Crippen LogP contribution in [0.3, 0.4) is 0 Å². The first-order valence-electron chi connectivity index (χ1n) is 12.6. The second-order valence-electron chi connectivity index (χ2n) is 11.0. The van der Waals surface area contributed by atoms with Crippen molar-refractivity contribution in [3.63, 3.8) is 0 Å². The van der Waals surface area contributed by atoms with Crippen molar-refractivity contribution in [1.82, 2.24) is 0 Å². The van der Waals surface area contributed by atoms with Gasteiger partial charge in [0.1, 0.15) is 12.2 Å². The third-order valence-electron chi connectivity index (χ3n) is 7.72. The van der Waals surface area contributed by atoms with Gasteiger partial charge in [0.2, 0.25) is 0 Å². The Balaban J connectivity index is 1.73. The molecule has 1 heterocycles. The normalized spacial score (nSPS) is 34.2. The topological polar surface area (TPSA) is 82.1 Å². The van der Waals surface area contributed by atoms with E-state index in [0.717, 1.165) is 25.7 Å². The van der Waals surface area contributed by atoms with Crippen molar-refractivity contribution >= 4 is 19.1 Å². The molecular weight excluding hydrogens is 419 g/mol. The highest BCUT2D eigenvalue weighted by Gasteiger charge is 2.43. The van der Waals surface area contributed by atoms with Crippen molar-refractivity contribution in [3.05, 3.63) is 23.8 Å². The van der Waals surface area contributed by atoms with Crippen LogP contribution in [0.4, 0.5) is 0 Å². The lowest BCUT2D eigenvalue weighted by molar-refractivity contribution is -0.165. The molecule has 0 unspecified atom stereocenters. The number of hydrogen-bond acceptors (Lipinski definition) is 6. The van der Waals surface area contributed by atoms with E-state index < -0.39 is 12.5 Å². The molecule has 3 rings (SSSR count). The molecule has 1 fully saturated rings. The van der Waals surface area contributed by atoms with E-state index in [4.69, 9.17) is 14.1 Å². The van der Waals surface area contributed by atoms with Crippen LogP contribution in [0.5, 0.6) is 0 Å². The van der Waals surface area contributed by atoms with Crippen molar-refractivity contribution in [2.75, 3.05) is 0 Å². The van der Waals surface area contributed by atoms with Crippen molar-refractivity contribution in [2.45, 2.75) is 98.3 Å². The van der Waals surface area contributed by atoms with E-state index in [9.17, 15) is 14.6 Å². The van der Waals surface area contributed by atoms with E-state index in [-0.39, 0.29) is 42.6 Å². The number of carbonyl (C=O) groups excluding carboxylic acids is 2. The minimum Gasteiger partial charge on any atom is -0.462 e. The summed E-state index contributed by atoms with van der Waals surface area (Å²) in [4.78, 5) is 25.0. The summed E-state index contributed by atoms with van der Waals surface area (Å²) in [5.74, 6) is 0.757. The molecule has 1 saturated heterocycles. The zero-order valence-corrected chi connectivity index (χ0v) is 21.1. The largest absolute Gasteiger partial charge is 0.462 e. The number of rotatable bonds is 8. The van der Waals surface area contributed by atoms with Gasteiger partial charge >= 0.3 is 19.1 Å². The van der Waals surface area contributed by atoms with Gasteiger partial charge in [-0.1, -0.05) is 39.0 Å². The Morgan fingerprint density at radius 3 is 2.67 bits per heavy atom. The van der Waals surface area contributed by atoms with Crippen LogP contribution in [0.15, 0.2) is 23.8 Å². The molecule has 7 heteroatoms. The van der Waals surface area contributed by atoms with Crippen LogP contribution >= 0.6 is 0 Å². The highest BCUT2D eigenvalue weighted by Crippen LogP contribution is 2.45. The zero-order chi connectivity index (χ0) is 24.3. The fourth-order valence-electron chi connectivity index (χ4n) is 5.44. The maximum Gasteiger partial charge on any atom is 0.451 e. The molecule has 1 N–H and O–H groups in total. The Morgan fingerprint density at radius 1 is 1.27 bits per heavy atom. The first kappa shape index (κ1) is 26.0. The number of esters is 2. The number of ether oxygens (including phenoxy) is 2. The van der Waals surface area contributed by atoms with E-state index >= 15 is 0 Å². The van der Waals surface area contributed by atoms with E-state index in [0.29, 0.717) is 24.2 Å². The summed E-state index contributed by atoms with van der Waals surface area (Å²) in [5.41, 5.74) is 0.769. The van der Waals surface area contributed by atoms with E-state index in [1.54, 1.807) is 6.82 Å². The van der Waals surface area contributed by atoms with Crippen LogP contribution in [0.2, 0.25) is 6.82 Å². The molecule has 0 aromatic carbocycles. The standard InChI is InChI=1S/C26H41BO6/c1-7-26(4,5)25(29)32-22-13-16(2)12-18-9-8-17(3)21(24(18)22)11-10-19-14-20(33-27(6)30)15-23(28)31-19/h8-9,12,16-17,19-22,24,30H,7,10-11,13-15H2,1-6H3/t16-,17-,19+,20+,21-,22-,24-/m0/s1. The van der Waals surface area contributed by atoms with Gasteiger partial charge in [0, 0.05) is 12.3 Å². The van der Waals surface area contributed by atoms with Crippen molar-refractivity contribution in [1.29, 1.82) is 0 Å². The molecule has 0 aromatic rings. The van der Waals surface area contributed by atoms with Gasteiger partial charge in [0.05, 0.1) is 17.9 Å². The first-order chi connectivity index (χ1) is 15.5. The molecule has 0 bridgehead atoms. The van der Waals surface area contributed by atoms with Crippen molar-refractivity contribution in [2.24, 2.45) is 29.1 Å². The SMILES string of the molecule is CCC(C)(C)C(=O)O[C@H]1C[C@@H](C)C=C2C=C[C@H](C)[C@H](CC[C@@H]3C[C@@H](OB(C)O)CC(=O)O3)[C@H]21. The lowest BCUT2D eigenvalue weighted by Crippen LogP contribution is -2.43. The molecule has 2 aliphatic carbocycles. The zero-order valence-electron chi connectivity index (χ0n) is 21.1. The second-order valence-corrected chi connectivity index (χ2v) is 11.0. The molecule has 1 aliphatic heterocycles. The van der Waals surface area contributed by atoms with Crippen molar-refractivity contribution in [3.8, 4) is 0 Å². The molecule has 3 aliphatic rings. The lowest BCUT2D eigenvalue weighted by Gasteiger charge is -2.44. The Bertz CT molecular complexity index is 773. The molecule has 0 aromatic heterocycles. The molecule has 7 atom stereocenters. The van der Waals surface area contributed by atoms with E-state index in [1.165, 1.54) is 5.57 Å². The highest BCUT2D eigenvalue weighted by atomic mass is 16.6. The second kappa shape index (κ2) is 10.8. The number of allylic oxidation sites excluding steroid dienone is 3. The molecule has 33 heavy (non-hydrogen) atoms. The summed E-state index contributed by atoms with van der Waals surface area (Å²) in [6.45, 7) is 11.9. The third kappa shape index (κ3) is 6.51. The van der Waals surface area contributed by atoms with Crippen LogP contribution in [0.25, 0.3) is 0 Å². The fourth-order valence-corrected chi connectivity index (χ4v) is 5.44. The molecule has 0 amide bonds. The molecule has 0 spiro atoms. The maximum absolute atomic E-state index is 12.9. The maximum atomic E-state index is 12.9. The monoisotopic (exact) mass is 460 g/mol. The minimum absolute atomic E-state index is 0.122. The number of cyclic esters (lactones) is 1. The van der Waals surface area contributed by atoms with Crippen LogP contribution in [0.1, 0.15) is 73.1 Å². The summed E-state index contributed by atoms with van der Waals surface area (Å²) in [6.07, 6.45) is 10.1. The van der Waals surface area contributed by atoms with Gasteiger partial charge in [0.25, 0.3) is 0 Å². The van der Waals surface area contributed by atoms with Crippen molar-refractivity contribution < 1.29 is 28.7 Å². The van der Waals surface area contributed by atoms with Gasteiger partial charge in [-0.25, -0.2) is 0 Å². The van der Waals surface area contributed by atoms with Gasteiger partial charge in [0.15, 0.2) is 0 Å². The molecule has 6 nitrogen and oxygen atoms in total. The first-order valence-corrected chi connectivity index (χ1v) is 12.6. The predicted octanol–water partition coefficient (Wildman–Crippen LogP) is 4.72. The number of carbonyl (C=O) groups is 2. The van der Waals surface area contributed by atoms with Gasteiger partial charge in [-0.05, 0) is 69.7 Å². The van der Waals surface area contributed by atoms with Gasteiger partial charge in [-0.15, -0.1) is 0 Å². The smallest absolute Gasteiger partial charge is 0.451 e. The van der Waals surface area contributed by atoms with Crippen LogP contribution in [-0.2, 0) is 23.7 Å². The number of hydrogen-bond donors (Lipinski definition) is 1. The van der Waals surface area contributed by atoms with Gasteiger partial charge < -0.3 is 19.2 Å². The van der Waals surface area contributed by atoms with E-state index in [1.807, 2.05) is 20.8 Å². The Morgan fingerprint density at radius 2 is 2.00 bits per heavy atom. The molecular formula is C26H41BO6. The Labute approximate surface area is 199 Å². The Hall–Kier alpha value is -1.60. The average Bonchev–Trinajstić information content (AvgIpc) is 2.72. The molecule has 184 valence electrons. The third-order valence-corrected chi connectivity index (χ3v) is 7.72. The summed E-state index contributed by atoms with van der Waals surface area (Å²) < 4.78 is 17.3. The average molecular weight is 460 g/mol. The van der Waals surface area contributed by atoms with E-state index in [2.05, 4.69) is 32.1 Å². The number of fused-ring (bicyclic) bond motifs is 1. The summed E-state index contributed by atoms with van der Waals surface area (Å²) in [5, 5.41) is 9.54. The lowest BCUT2D eigenvalue weighted by atomic mass is 9.65. The van der Waals surface area contributed by atoms with Crippen LogP contribution < -0.4 is 0 Å². The highest BCUT2D eigenvalue weighted by molar-refractivity contribution is 6.40. The summed E-state index contributed by atoms with van der Waals surface area (Å²) in [6, 6.07) is 0. The predicted molar refractivity (Wildman–Crippen MR) is 128 cm³/mol. The quantitative estimate of drug-likeness (QED) is 0.417. The summed E-state index contributed by atoms with van der Waals surface area (Å²) in [7, 11) is -0.898. The molecule has 0 saturated carbocycles. The Kier molecular flexibility index (Phi) is 8.49. The molecule has 0 radical (unpaired) electrons.